The summed E-state index contributed by atoms with van der Waals surface area (Å²) < 4.78 is 10.5. The molecule has 1 atom stereocenters. The molecule has 1 unspecified atom stereocenters. The number of hydrogen-bond acceptors (Lipinski definition) is 4. The second-order valence-electron chi connectivity index (χ2n) is 7.10. The van der Waals surface area contributed by atoms with Crippen LogP contribution in [0.1, 0.15) is 26.3 Å². The van der Waals surface area contributed by atoms with Gasteiger partial charge in [0.25, 0.3) is 0 Å². The Morgan fingerprint density at radius 3 is 2.19 bits per heavy atom. The molecule has 0 aromatic heterocycles. The standard InChI is InChI=1S/C21H26N2O4/c1-21(2,3)27-19(24)18(14-15-8-6-5-7-9-15)23-20(25)22-16-10-12-17(26-4)13-11-16/h5-13,18H,14H2,1-4H3,(H2,22,23,25). The number of ether oxygens (including phenoxy) is 2. The molecule has 0 aliphatic rings. The zero-order valence-corrected chi connectivity index (χ0v) is 16.1. The maximum Gasteiger partial charge on any atom is 0.329 e. The minimum Gasteiger partial charge on any atom is -0.497 e. The van der Waals surface area contributed by atoms with Crippen molar-refractivity contribution in [3.63, 3.8) is 0 Å². The van der Waals surface area contributed by atoms with E-state index in [0.29, 0.717) is 17.9 Å². The summed E-state index contributed by atoms with van der Waals surface area (Å²) in [6, 6.07) is 15.1. The molecule has 2 rings (SSSR count). The van der Waals surface area contributed by atoms with Crippen LogP contribution in [0.25, 0.3) is 0 Å². The molecule has 0 bridgehead atoms. The summed E-state index contributed by atoms with van der Waals surface area (Å²) in [5.41, 5.74) is 0.884. The third-order valence-electron chi connectivity index (χ3n) is 3.63. The fourth-order valence-electron chi connectivity index (χ4n) is 2.42. The topological polar surface area (TPSA) is 76.7 Å². The van der Waals surface area contributed by atoms with E-state index in [0.717, 1.165) is 5.56 Å². The Morgan fingerprint density at radius 2 is 1.63 bits per heavy atom. The van der Waals surface area contributed by atoms with Crippen molar-refractivity contribution < 1.29 is 19.1 Å². The minimum absolute atomic E-state index is 0.339. The van der Waals surface area contributed by atoms with E-state index in [1.54, 1.807) is 52.1 Å². The molecular formula is C21H26N2O4. The Hall–Kier alpha value is -3.02. The number of carbonyl (C=O) groups is 2. The summed E-state index contributed by atoms with van der Waals surface area (Å²) >= 11 is 0. The van der Waals surface area contributed by atoms with Crippen LogP contribution in [0.4, 0.5) is 10.5 Å². The van der Waals surface area contributed by atoms with E-state index in [2.05, 4.69) is 10.6 Å². The first kappa shape index (κ1) is 20.3. The number of amides is 2. The summed E-state index contributed by atoms with van der Waals surface area (Å²) in [5, 5.41) is 5.42. The van der Waals surface area contributed by atoms with Crippen molar-refractivity contribution in [2.24, 2.45) is 0 Å². The Kier molecular flexibility index (Phi) is 6.82. The number of urea groups is 1. The molecule has 6 heteroatoms. The van der Waals surface area contributed by atoms with Crippen molar-refractivity contribution in [2.45, 2.75) is 38.8 Å². The fourth-order valence-corrected chi connectivity index (χ4v) is 2.42. The predicted molar refractivity (Wildman–Crippen MR) is 105 cm³/mol. The van der Waals surface area contributed by atoms with Crippen LogP contribution in [0.5, 0.6) is 5.75 Å². The Bertz CT molecular complexity index is 752. The van der Waals surface area contributed by atoms with Crippen molar-refractivity contribution in [2.75, 3.05) is 12.4 Å². The predicted octanol–water partition coefficient (Wildman–Crippen LogP) is 3.77. The van der Waals surface area contributed by atoms with Crippen LogP contribution in [-0.2, 0) is 16.0 Å². The number of anilines is 1. The van der Waals surface area contributed by atoms with Crippen molar-refractivity contribution >= 4 is 17.7 Å². The molecule has 0 spiro atoms. The smallest absolute Gasteiger partial charge is 0.329 e. The monoisotopic (exact) mass is 370 g/mol. The van der Waals surface area contributed by atoms with Crippen LogP contribution in [0.15, 0.2) is 54.6 Å². The van der Waals surface area contributed by atoms with Gasteiger partial charge in [0.05, 0.1) is 7.11 Å². The SMILES string of the molecule is COc1ccc(NC(=O)NC(Cc2ccccc2)C(=O)OC(C)(C)C)cc1. The average molecular weight is 370 g/mol. The molecule has 27 heavy (non-hydrogen) atoms. The lowest BCUT2D eigenvalue weighted by Gasteiger charge is -2.24. The van der Waals surface area contributed by atoms with Gasteiger partial charge < -0.3 is 20.1 Å². The molecular weight excluding hydrogens is 344 g/mol. The Balaban J connectivity index is 2.07. The van der Waals surface area contributed by atoms with Crippen molar-refractivity contribution in [3.8, 4) is 5.75 Å². The first-order valence-electron chi connectivity index (χ1n) is 8.75. The van der Waals surface area contributed by atoms with Gasteiger partial charge in [0.15, 0.2) is 0 Å². The highest BCUT2D eigenvalue weighted by atomic mass is 16.6. The van der Waals surface area contributed by atoms with Gasteiger partial charge in [0.1, 0.15) is 17.4 Å². The highest BCUT2D eigenvalue weighted by molar-refractivity contribution is 5.92. The third-order valence-corrected chi connectivity index (χ3v) is 3.63. The maximum absolute atomic E-state index is 12.6. The zero-order valence-electron chi connectivity index (χ0n) is 16.1. The lowest BCUT2D eigenvalue weighted by Crippen LogP contribution is -2.47. The van der Waals surface area contributed by atoms with E-state index in [-0.39, 0.29) is 0 Å². The molecule has 0 saturated carbocycles. The first-order chi connectivity index (χ1) is 12.8. The van der Waals surface area contributed by atoms with Crippen molar-refractivity contribution in [1.29, 1.82) is 0 Å². The largest absolute Gasteiger partial charge is 0.497 e. The van der Waals surface area contributed by atoms with Gasteiger partial charge >= 0.3 is 12.0 Å². The van der Waals surface area contributed by atoms with Gasteiger partial charge in [-0.25, -0.2) is 9.59 Å². The summed E-state index contributed by atoms with van der Waals surface area (Å²) in [7, 11) is 1.57. The van der Waals surface area contributed by atoms with E-state index in [1.807, 2.05) is 30.3 Å². The number of hydrogen-bond donors (Lipinski definition) is 2. The second kappa shape index (κ2) is 9.07. The lowest BCUT2D eigenvalue weighted by molar-refractivity contribution is -0.157. The average Bonchev–Trinajstić information content (AvgIpc) is 2.61. The number of methoxy groups -OCH3 is 1. The molecule has 0 radical (unpaired) electrons. The number of benzene rings is 2. The fraction of sp³-hybridized carbons (Fsp3) is 0.333. The molecule has 0 aliphatic carbocycles. The Labute approximate surface area is 159 Å². The maximum atomic E-state index is 12.6. The number of nitrogens with one attached hydrogen (secondary N) is 2. The van der Waals surface area contributed by atoms with Crippen LogP contribution >= 0.6 is 0 Å². The number of rotatable bonds is 6. The third kappa shape index (κ3) is 7.01. The van der Waals surface area contributed by atoms with E-state index < -0.39 is 23.6 Å². The lowest BCUT2D eigenvalue weighted by atomic mass is 10.1. The minimum atomic E-state index is -0.801. The van der Waals surface area contributed by atoms with Gasteiger partial charge in [-0.1, -0.05) is 30.3 Å². The highest BCUT2D eigenvalue weighted by Crippen LogP contribution is 2.15. The van der Waals surface area contributed by atoms with Gasteiger partial charge in [0.2, 0.25) is 0 Å². The highest BCUT2D eigenvalue weighted by Gasteiger charge is 2.27. The number of carbonyl (C=O) groups excluding carboxylic acids is 2. The molecule has 2 aromatic rings. The summed E-state index contributed by atoms with van der Waals surface area (Å²) in [6.07, 6.45) is 0.339. The second-order valence-corrected chi connectivity index (χ2v) is 7.10. The van der Waals surface area contributed by atoms with Crippen LogP contribution in [0.3, 0.4) is 0 Å². The summed E-state index contributed by atoms with van der Waals surface area (Å²) in [4.78, 5) is 24.9. The number of esters is 1. The molecule has 2 N–H and O–H groups in total. The van der Waals surface area contributed by atoms with Gasteiger partial charge in [-0.2, -0.15) is 0 Å². The molecule has 0 saturated heterocycles. The van der Waals surface area contributed by atoms with Crippen LogP contribution in [0.2, 0.25) is 0 Å². The molecule has 6 nitrogen and oxygen atoms in total. The quantitative estimate of drug-likeness (QED) is 0.759. The first-order valence-corrected chi connectivity index (χ1v) is 8.75. The van der Waals surface area contributed by atoms with Gasteiger partial charge in [0, 0.05) is 12.1 Å². The summed E-state index contributed by atoms with van der Waals surface area (Å²) in [6.45, 7) is 5.38. The van der Waals surface area contributed by atoms with Gasteiger partial charge in [-0.05, 0) is 50.6 Å². The molecule has 2 amide bonds. The molecule has 0 fully saturated rings. The molecule has 0 aliphatic heterocycles. The van der Waals surface area contributed by atoms with E-state index in [1.165, 1.54) is 0 Å². The van der Waals surface area contributed by atoms with E-state index >= 15 is 0 Å². The summed E-state index contributed by atoms with van der Waals surface area (Å²) in [5.74, 6) is 0.216. The van der Waals surface area contributed by atoms with Crippen LogP contribution in [-0.4, -0.2) is 30.8 Å². The normalized spacial score (nSPS) is 12.0. The van der Waals surface area contributed by atoms with E-state index in [4.69, 9.17) is 9.47 Å². The Morgan fingerprint density at radius 1 is 1.00 bits per heavy atom. The van der Waals surface area contributed by atoms with Crippen molar-refractivity contribution in [1.82, 2.24) is 5.32 Å². The van der Waals surface area contributed by atoms with Crippen LogP contribution < -0.4 is 15.4 Å². The van der Waals surface area contributed by atoms with Gasteiger partial charge in [-0.15, -0.1) is 0 Å². The van der Waals surface area contributed by atoms with Gasteiger partial charge in [-0.3, -0.25) is 0 Å². The van der Waals surface area contributed by atoms with Crippen molar-refractivity contribution in [3.05, 3.63) is 60.2 Å². The molecule has 2 aromatic carbocycles. The van der Waals surface area contributed by atoms with Crippen LogP contribution in [0, 0.1) is 0 Å². The zero-order chi connectivity index (χ0) is 19.9. The molecule has 144 valence electrons. The molecule has 0 heterocycles. The van der Waals surface area contributed by atoms with E-state index in [9.17, 15) is 9.59 Å².